The number of halogens is 3. The monoisotopic (exact) mass is 668 g/mol. The average molecular weight is 670 g/mol. The van der Waals surface area contributed by atoms with Crippen LogP contribution in [-0.4, -0.2) is 59.3 Å². The van der Waals surface area contributed by atoms with Gasteiger partial charge in [0.1, 0.15) is 11.6 Å². The van der Waals surface area contributed by atoms with E-state index in [4.69, 9.17) is 9.47 Å². The summed E-state index contributed by atoms with van der Waals surface area (Å²) in [6.07, 6.45) is 8.53. The maximum atomic E-state index is 14.3. The molecule has 6 rings (SSSR count). The van der Waals surface area contributed by atoms with Crippen molar-refractivity contribution in [3.63, 3.8) is 0 Å². The predicted octanol–water partition coefficient (Wildman–Crippen LogP) is 5.76. The van der Waals surface area contributed by atoms with Crippen LogP contribution in [0.1, 0.15) is 42.2 Å². The zero-order valence-corrected chi connectivity index (χ0v) is 25.9. The Morgan fingerprint density at radius 2 is 1.25 bits per heavy atom. The first-order chi connectivity index (χ1) is 21.5. The Morgan fingerprint density at radius 1 is 0.773 bits per heavy atom. The highest BCUT2D eigenvalue weighted by Crippen LogP contribution is 2.26. The van der Waals surface area contributed by atoms with E-state index in [2.05, 4.69) is 64.1 Å². The summed E-state index contributed by atoms with van der Waals surface area (Å²) in [6, 6.07) is 10.1. The number of anilines is 4. The molecule has 232 valence electrons. The number of hydrogen-bond acceptors (Lipinski definition) is 10. The van der Waals surface area contributed by atoms with Crippen LogP contribution in [-0.2, 0) is 15.9 Å². The van der Waals surface area contributed by atoms with Gasteiger partial charge in [-0.1, -0.05) is 25.5 Å². The molecule has 2 aromatic carbocycles. The maximum Gasteiger partial charge on any atom is 0.227 e. The molecule has 4 N–H and O–H groups in total. The molecular formula is C31H35BrF2N8O2. The molecule has 0 radical (unpaired) electrons. The molecule has 2 aromatic heterocycles. The summed E-state index contributed by atoms with van der Waals surface area (Å²) in [4.78, 5) is 16.6. The molecule has 4 heterocycles. The zero-order valence-electron chi connectivity index (χ0n) is 24.3. The second-order valence-corrected chi connectivity index (χ2v) is 11.2. The Hall–Kier alpha value is -3.62. The van der Waals surface area contributed by atoms with E-state index >= 15 is 0 Å². The number of aryl methyl sites for hydroxylation is 1. The highest BCUT2D eigenvalue weighted by molar-refractivity contribution is 9.10. The van der Waals surface area contributed by atoms with Crippen molar-refractivity contribution in [3.05, 3.63) is 94.0 Å². The number of aromatic nitrogens is 4. The third kappa shape index (κ3) is 8.96. The summed E-state index contributed by atoms with van der Waals surface area (Å²) in [6.45, 7) is 6.46. The van der Waals surface area contributed by atoms with E-state index < -0.39 is 0 Å². The van der Waals surface area contributed by atoms with Gasteiger partial charge in [0.15, 0.2) is 0 Å². The van der Waals surface area contributed by atoms with Gasteiger partial charge in [-0.15, -0.1) is 0 Å². The van der Waals surface area contributed by atoms with Gasteiger partial charge in [-0.2, -0.15) is 0 Å². The Bertz CT molecular complexity index is 1490. The van der Waals surface area contributed by atoms with E-state index in [1.54, 1.807) is 36.9 Å². The maximum absolute atomic E-state index is 14.3. The lowest BCUT2D eigenvalue weighted by Crippen LogP contribution is -2.33. The van der Waals surface area contributed by atoms with Gasteiger partial charge in [0, 0.05) is 51.0 Å². The van der Waals surface area contributed by atoms with Crippen LogP contribution in [0.25, 0.3) is 0 Å². The molecule has 0 amide bonds. The van der Waals surface area contributed by atoms with Crippen molar-refractivity contribution in [2.45, 2.75) is 32.0 Å². The predicted molar refractivity (Wildman–Crippen MR) is 168 cm³/mol. The second-order valence-electron chi connectivity index (χ2n) is 10.2. The van der Waals surface area contributed by atoms with Crippen LogP contribution in [0, 0.1) is 11.6 Å². The Balaban J connectivity index is 0.000000175. The van der Waals surface area contributed by atoms with E-state index in [1.807, 2.05) is 12.1 Å². The summed E-state index contributed by atoms with van der Waals surface area (Å²) in [5.74, 6) is 0.0543. The summed E-state index contributed by atoms with van der Waals surface area (Å²) < 4.78 is 40.5. The van der Waals surface area contributed by atoms with Crippen LogP contribution in [0.2, 0.25) is 0 Å². The molecule has 2 unspecified atom stereocenters. The zero-order chi connectivity index (χ0) is 30.7. The largest absolute Gasteiger partial charge is 0.371 e. The first kappa shape index (κ1) is 31.8. The molecule has 0 spiro atoms. The minimum absolute atomic E-state index is 0.100. The number of ether oxygens (including phenoxy) is 2. The van der Waals surface area contributed by atoms with Gasteiger partial charge >= 0.3 is 0 Å². The van der Waals surface area contributed by atoms with Gasteiger partial charge in [0.25, 0.3) is 0 Å². The van der Waals surface area contributed by atoms with E-state index in [1.165, 1.54) is 12.1 Å². The molecule has 2 atom stereocenters. The van der Waals surface area contributed by atoms with Crippen LogP contribution < -0.4 is 21.3 Å². The third-order valence-corrected chi connectivity index (χ3v) is 7.35. The van der Waals surface area contributed by atoms with Crippen molar-refractivity contribution < 1.29 is 18.3 Å². The van der Waals surface area contributed by atoms with E-state index in [0.29, 0.717) is 49.6 Å². The fourth-order valence-electron chi connectivity index (χ4n) is 4.68. The number of hydrogen-bond donors (Lipinski definition) is 4. The second kappa shape index (κ2) is 15.9. The lowest BCUT2D eigenvalue weighted by atomic mass is 10.1. The SMILES string of the molecule is CCCc1cnc(Nc2ccc(C3CNCCO3)cc2F)nc1.Fc1cc(C2CNCCO2)ccc1Nc1ncc(Br)cn1. The van der Waals surface area contributed by atoms with Gasteiger partial charge < -0.3 is 30.7 Å². The molecule has 4 aromatic rings. The molecule has 0 bridgehead atoms. The van der Waals surface area contributed by atoms with Gasteiger partial charge in [-0.05, 0) is 63.3 Å². The quantitative estimate of drug-likeness (QED) is 0.185. The lowest BCUT2D eigenvalue weighted by molar-refractivity contribution is 0.0275. The fraction of sp³-hybridized carbons (Fsp3) is 0.355. The molecule has 2 fully saturated rings. The molecule has 44 heavy (non-hydrogen) atoms. The highest BCUT2D eigenvalue weighted by atomic mass is 79.9. The summed E-state index contributed by atoms with van der Waals surface area (Å²) in [5.41, 5.74) is 3.43. The summed E-state index contributed by atoms with van der Waals surface area (Å²) in [7, 11) is 0. The molecule has 2 saturated heterocycles. The van der Waals surface area contributed by atoms with Gasteiger partial charge in [0.05, 0.1) is 41.3 Å². The minimum Gasteiger partial charge on any atom is -0.371 e. The molecule has 2 aliphatic rings. The van der Waals surface area contributed by atoms with Gasteiger partial charge in [0.2, 0.25) is 11.9 Å². The van der Waals surface area contributed by atoms with E-state index in [9.17, 15) is 8.78 Å². The van der Waals surface area contributed by atoms with Crippen molar-refractivity contribution in [2.24, 2.45) is 0 Å². The third-order valence-electron chi connectivity index (χ3n) is 6.94. The Labute approximate surface area is 263 Å². The van der Waals surface area contributed by atoms with E-state index in [0.717, 1.165) is 47.1 Å². The van der Waals surface area contributed by atoms with Crippen molar-refractivity contribution >= 4 is 39.2 Å². The smallest absolute Gasteiger partial charge is 0.227 e. The standard InChI is InChI=1S/C17H21FN4O.C14H14BrFN4O/c1-2-3-12-9-20-17(21-10-12)22-15-5-4-13(8-14(15)18)16-11-19-6-7-23-16;15-10-6-18-14(19-7-10)20-12-2-1-9(5-11(12)16)13-8-17-3-4-21-13/h4-5,8-10,16,19H,2-3,6-7,11H2,1H3,(H,20,21,22);1-2,5-7,13,17H,3-4,8H2,(H,18,19,20). The van der Waals surface area contributed by atoms with Crippen LogP contribution in [0.15, 0.2) is 65.7 Å². The van der Waals surface area contributed by atoms with Gasteiger partial charge in [-0.25, -0.2) is 28.7 Å². The number of nitrogens with zero attached hydrogens (tertiary/aromatic N) is 4. The van der Waals surface area contributed by atoms with Crippen LogP contribution in [0.3, 0.4) is 0 Å². The van der Waals surface area contributed by atoms with Crippen LogP contribution in [0.5, 0.6) is 0 Å². The summed E-state index contributed by atoms with van der Waals surface area (Å²) in [5, 5.41) is 12.2. The molecule has 13 heteroatoms. The average Bonchev–Trinajstić information content (AvgIpc) is 3.06. The number of rotatable bonds is 8. The van der Waals surface area contributed by atoms with Crippen molar-refractivity contribution in [3.8, 4) is 0 Å². The normalized spacial score (nSPS) is 18.2. The molecule has 10 nitrogen and oxygen atoms in total. The summed E-state index contributed by atoms with van der Waals surface area (Å²) >= 11 is 3.25. The van der Waals surface area contributed by atoms with Crippen molar-refractivity contribution in [1.82, 2.24) is 30.6 Å². The number of nitrogens with one attached hydrogen (secondary N) is 4. The van der Waals surface area contributed by atoms with Gasteiger partial charge in [-0.3, -0.25) is 0 Å². The van der Waals surface area contributed by atoms with Crippen molar-refractivity contribution in [1.29, 1.82) is 0 Å². The van der Waals surface area contributed by atoms with Crippen LogP contribution in [0.4, 0.5) is 32.1 Å². The number of benzene rings is 2. The molecule has 0 saturated carbocycles. The molecule has 2 aliphatic heterocycles. The minimum atomic E-state index is -0.354. The highest BCUT2D eigenvalue weighted by Gasteiger charge is 2.18. The molecular weight excluding hydrogens is 634 g/mol. The fourth-order valence-corrected chi connectivity index (χ4v) is 4.88. The molecule has 0 aliphatic carbocycles. The Morgan fingerprint density at radius 3 is 1.66 bits per heavy atom. The Kier molecular flexibility index (Phi) is 11.5. The van der Waals surface area contributed by atoms with Crippen LogP contribution >= 0.6 is 15.9 Å². The first-order valence-corrected chi connectivity index (χ1v) is 15.3. The first-order valence-electron chi connectivity index (χ1n) is 14.5. The lowest BCUT2D eigenvalue weighted by Gasteiger charge is -2.24. The number of morpholine rings is 2. The van der Waals surface area contributed by atoms with Crippen molar-refractivity contribution in [2.75, 3.05) is 50.0 Å². The van der Waals surface area contributed by atoms with E-state index in [-0.39, 0.29) is 23.8 Å². The topological polar surface area (TPSA) is 118 Å².